The van der Waals surface area contributed by atoms with E-state index in [1.807, 2.05) is 24.3 Å². The van der Waals surface area contributed by atoms with Crippen molar-refractivity contribution >= 4 is 29.9 Å². The molecule has 5 nitrogen and oxygen atoms in total. The first-order chi connectivity index (χ1) is 10.2. The summed E-state index contributed by atoms with van der Waals surface area (Å²) in [4.78, 5) is 12.0. The second kappa shape index (κ2) is 10.0. The van der Waals surface area contributed by atoms with Gasteiger partial charge < -0.3 is 10.6 Å². The third kappa shape index (κ3) is 5.74. The van der Waals surface area contributed by atoms with Gasteiger partial charge in [-0.3, -0.25) is 4.79 Å². The Balaban J connectivity index is 0.00000242. The molecule has 22 heavy (non-hydrogen) atoms. The summed E-state index contributed by atoms with van der Waals surface area (Å²) in [6.45, 7) is 4.57. The number of rotatable bonds is 7. The van der Waals surface area contributed by atoms with E-state index in [4.69, 9.17) is 11.6 Å². The fourth-order valence-corrected chi connectivity index (χ4v) is 2.47. The third-order valence-electron chi connectivity index (χ3n) is 3.52. The molecule has 2 unspecified atom stereocenters. The quantitative estimate of drug-likeness (QED) is 0.568. The largest absolute Gasteiger partial charge is 0.353 e. The number of hydrogen-bond acceptors (Lipinski definition) is 4. The fraction of sp³-hybridized carbons (Fsp3) is 0.533. The van der Waals surface area contributed by atoms with Crippen molar-refractivity contribution < 1.29 is 4.79 Å². The van der Waals surface area contributed by atoms with E-state index in [1.54, 1.807) is 0 Å². The minimum atomic E-state index is -0.197. The Morgan fingerprint density at radius 2 is 1.95 bits per heavy atom. The van der Waals surface area contributed by atoms with Gasteiger partial charge in [0.05, 0.1) is 0 Å². The molecule has 0 spiro atoms. The smallest absolute Gasteiger partial charge is 0.238 e. The van der Waals surface area contributed by atoms with Crippen LogP contribution in [-0.4, -0.2) is 31.6 Å². The number of benzene rings is 1. The maximum absolute atomic E-state index is 12.0. The van der Waals surface area contributed by atoms with Crippen molar-refractivity contribution in [1.29, 1.82) is 0 Å². The van der Waals surface area contributed by atoms with Crippen LogP contribution in [0.2, 0.25) is 5.02 Å². The van der Waals surface area contributed by atoms with E-state index in [2.05, 4.69) is 28.4 Å². The lowest BCUT2D eigenvalue weighted by atomic mass is 10.0. The van der Waals surface area contributed by atoms with Crippen molar-refractivity contribution in [3.8, 4) is 0 Å². The highest BCUT2D eigenvalue weighted by molar-refractivity contribution is 6.30. The van der Waals surface area contributed by atoms with Gasteiger partial charge in [0.15, 0.2) is 0 Å². The monoisotopic (exact) mass is 346 g/mol. The highest BCUT2D eigenvalue weighted by Crippen LogP contribution is 2.23. The van der Waals surface area contributed by atoms with Crippen LogP contribution in [-0.2, 0) is 4.79 Å². The molecule has 1 aromatic rings. The van der Waals surface area contributed by atoms with Crippen LogP contribution in [0.3, 0.4) is 0 Å². The van der Waals surface area contributed by atoms with Crippen molar-refractivity contribution in [3.63, 3.8) is 0 Å². The SMILES string of the molecule is CCCNCCNC(=O)C1CC(c2ccc(Cl)cc2)NN1.Cl. The number of nitrogens with one attached hydrogen (secondary N) is 4. The fourth-order valence-electron chi connectivity index (χ4n) is 2.34. The predicted octanol–water partition coefficient (Wildman–Crippen LogP) is 1.79. The molecule has 2 atom stereocenters. The Hall–Kier alpha value is -0.850. The zero-order valence-corrected chi connectivity index (χ0v) is 14.3. The number of hydrazine groups is 1. The van der Waals surface area contributed by atoms with Crippen molar-refractivity contribution in [1.82, 2.24) is 21.5 Å². The second-order valence-electron chi connectivity index (χ2n) is 5.22. The van der Waals surface area contributed by atoms with E-state index in [0.29, 0.717) is 6.54 Å². The zero-order valence-electron chi connectivity index (χ0n) is 12.7. The molecule has 7 heteroatoms. The van der Waals surface area contributed by atoms with Gasteiger partial charge in [0.1, 0.15) is 6.04 Å². The average Bonchev–Trinajstić information content (AvgIpc) is 2.97. The first-order valence-electron chi connectivity index (χ1n) is 7.45. The zero-order chi connectivity index (χ0) is 15.1. The van der Waals surface area contributed by atoms with E-state index in [-0.39, 0.29) is 30.4 Å². The van der Waals surface area contributed by atoms with Gasteiger partial charge in [-0.2, -0.15) is 0 Å². The summed E-state index contributed by atoms with van der Waals surface area (Å²) < 4.78 is 0. The van der Waals surface area contributed by atoms with Crippen molar-refractivity contribution in [2.45, 2.75) is 31.8 Å². The summed E-state index contributed by atoms with van der Waals surface area (Å²) in [5, 5.41) is 6.92. The van der Waals surface area contributed by atoms with Crippen molar-refractivity contribution in [3.05, 3.63) is 34.9 Å². The first-order valence-corrected chi connectivity index (χ1v) is 7.83. The van der Waals surface area contributed by atoms with E-state index < -0.39 is 0 Å². The summed E-state index contributed by atoms with van der Waals surface area (Å²) in [5.74, 6) is 0.0391. The molecule has 1 fully saturated rings. The molecule has 1 heterocycles. The van der Waals surface area contributed by atoms with Crippen LogP contribution in [0.5, 0.6) is 0 Å². The Morgan fingerprint density at radius 3 is 2.64 bits per heavy atom. The molecule has 0 aliphatic carbocycles. The van der Waals surface area contributed by atoms with Crippen molar-refractivity contribution in [2.75, 3.05) is 19.6 Å². The molecule has 1 aliphatic rings. The van der Waals surface area contributed by atoms with Crippen LogP contribution < -0.4 is 21.5 Å². The van der Waals surface area contributed by atoms with Crippen molar-refractivity contribution in [2.24, 2.45) is 0 Å². The molecule has 1 amide bonds. The van der Waals surface area contributed by atoms with Gasteiger partial charge in [0, 0.05) is 24.2 Å². The molecule has 0 saturated carbocycles. The standard InChI is InChI=1S/C15H23ClN4O.ClH/c1-2-7-17-8-9-18-15(21)14-10-13(19-20-14)11-3-5-12(16)6-4-11;/h3-6,13-14,17,19-20H,2,7-10H2,1H3,(H,18,21);1H. The van der Waals surface area contributed by atoms with Crippen LogP contribution in [0.25, 0.3) is 0 Å². The van der Waals surface area contributed by atoms with Gasteiger partial charge in [0.2, 0.25) is 5.91 Å². The summed E-state index contributed by atoms with van der Waals surface area (Å²) in [6.07, 6.45) is 1.83. The Morgan fingerprint density at radius 1 is 1.23 bits per heavy atom. The molecule has 1 aromatic carbocycles. The molecule has 4 N–H and O–H groups in total. The van der Waals surface area contributed by atoms with Gasteiger partial charge in [-0.25, -0.2) is 10.9 Å². The molecule has 2 rings (SSSR count). The average molecular weight is 347 g/mol. The normalized spacial score (nSPS) is 20.5. The van der Waals surface area contributed by atoms with Gasteiger partial charge in [-0.05, 0) is 37.1 Å². The van der Waals surface area contributed by atoms with E-state index in [1.165, 1.54) is 0 Å². The van der Waals surface area contributed by atoms with Gasteiger partial charge in [-0.1, -0.05) is 30.7 Å². The molecular formula is C15H24Cl2N4O. The minimum Gasteiger partial charge on any atom is -0.353 e. The highest BCUT2D eigenvalue weighted by atomic mass is 35.5. The summed E-state index contributed by atoms with van der Waals surface area (Å²) in [7, 11) is 0. The number of carbonyl (C=O) groups excluding carboxylic acids is 1. The lowest BCUT2D eigenvalue weighted by Crippen LogP contribution is -2.44. The number of halogens is 2. The van der Waals surface area contributed by atoms with Gasteiger partial charge in [0.25, 0.3) is 0 Å². The Bertz CT molecular complexity index is 455. The van der Waals surface area contributed by atoms with Crippen LogP contribution in [0.15, 0.2) is 24.3 Å². The predicted molar refractivity (Wildman–Crippen MR) is 92.3 cm³/mol. The van der Waals surface area contributed by atoms with Gasteiger partial charge >= 0.3 is 0 Å². The maximum atomic E-state index is 12.0. The number of amides is 1. The third-order valence-corrected chi connectivity index (χ3v) is 3.77. The molecule has 124 valence electrons. The molecule has 0 radical (unpaired) electrons. The molecular weight excluding hydrogens is 323 g/mol. The minimum absolute atomic E-state index is 0. The van der Waals surface area contributed by atoms with E-state index >= 15 is 0 Å². The Labute approximate surface area is 142 Å². The van der Waals surface area contributed by atoms with Crippen LogP contribution >= 0.6 is 24.0 Å². The van der Waals surface area contributed by atoms with Crippen LogP contribution in [0, 0.1) is 0 Å². The molecule has 0 aromatic heterocycles. The highest BCUT2D eigenvalue weighted by Gasteiger charge is 2.29. The topological polar surface area (TPSA) is 65.2 Å². The van der Waals surface area contributed by atoms with Crippen LogP contribution in [0.1, 0.15) is 31.4 Å². The first kappa shape index (κ1) is 19.2. The van der Waals surface area contributed by atoms with E-state index in [0.717, 1.165) is 36.5 Å². The Kier molecular flexibility index (Phi) is 8.75. The van der Waals surface area contributed by atoms with E-state index in [9.17, 15) is 4.79 Å². The lowest BCUT2D eigenvalue weighted by Gasteiger charge is -2.11. The molecule has 1 aliphatic heterocycles. The summed E-state index contributed by atoms with van der Waals surface area (Å²) in [5.41, 5.74) is 7.35. The molecule has 1 saturated heterocycles. The number of hydrogen-bond donors (Lipinski definition) is 4. The summed E-state index contributed by atoms with van der Waals surface area (Å²) >= 11 is 5.88. The van der Waals surface area contributed by atoms with Crippen LogP contribution in [0.4, 0.5) is 0 Å². The molecule has 0 bridgehead atoms. The number of carbonyl (C=O) groups is 1. The van der Waals surface area contributed by atoms with Gasteiger partial charge in [-0.15, -0.1) is 12.4 Å². The summed E-state index contributed by atoms with van der Waals surface area (Å²) in [6, 6.07) is 7.64. The lowest BCUT2D eigenvalue weighted by molar-refractivity contribution is -0.122. The maximum Gasteiger partial charge on any atom is 0.238 e. The second-order valence-corrected chi connectivity index (χ2v) is 5.66.